The second-order valence-corrected chi connectivity index (χ2v) is 4.82. The van der Waals surface area contributed by atoms with Crippen molar-refractivity contribution < 1.29 is 14.3 Å². The molecule has 0 spiro atoms. The van der Waals surface area contributed by atoms with Crippen molar-refractivity contribution in [2.45, 2.75) is 25.8 Å². The fourth-order valence-corrected chi connectivity index (χ4v) is 1.84. The Labute approximate surface area is 105 Å². The van der Waals surface area contributed by atoms with Crippen LogP contribution in [0.25, 0.3) is 0 Å². The highest BCUT2D eigenvalue weighted by Crippen LogP contribution is 2.19. The first-order valence-corrected chi connectivity index (χ1v) is 5.76. The van der Waals surface area contributed by atoms with Crippen molar-refractivity contribution in [3.8, 4) is 5.75 Å². The Kier molecular flexibility index (Phi) is 4.34. The summed E-state index contributed by atoms with van der Waals surface area (Å²) in [6, 6.07) is 3.25. The number of amides is 1. The topological polar surface area (TPSA) is 49.3 Å². The first kappa shape index (κ1) is 13.8. The van der Waals surface area contributed by atoms with E-state index in [1.54, 1.807) is 0 Å². The van der Waals surface area contributed by atoms with Gasteiger partial charge in [0.15, 0.2) is 0 Å². The molecular weight excluding hydrogens is 245 g/mol. The molecule has 1 aromatic carbocycles. The lowest BCUT2D eigenvalue weighted by molar-refractivity contribution is 0.0908. The molecule has 0 unspecified atom stereocenters. The molecule has 0 atom stereocenters. The van der Waals surface area contributed by atoms with Crippen molar-refractivity contribution in [2.24, 2.45) is 0 Å². The molecule has 0 saturated carbocycles. The zero-order chi connectivity index (χ0) is 13.1. The van der Waals surface area contributed by atoms with Crippen molar-refractivity contribution >= 4 is 17.5 Å². The molecule has 94 valence electrons. The van der Waals surface area contributed by atoms with Gasteiger partial charge in [-0.2, -0.15) is 0 Å². The molecule has 1 amide bonds. The highest BCUT2D eigenvalue weighted by molar-refractivity contribution is 6.17. The van der Waals surface area contributed by atoms with Crippen LogP contribution in [0.1, 0.15) is 30.6 Å². The Morgan fingerprint density at radius 3 is 2.76 bits per heavy atom. The zero-order valence-electron chi connectivity index (χ0n) is 9.76. The number of alkyl halides is 1. The standard InChI is InChI=1S/C12H15ClFNO2/c1-12(2,5-6-13)15-11(17)9-7-8(14)3-4-10(9)16/h3-4,7,16H,5-6H2,1-2H3,(H,15,17). The molecule has 17 heavy (non-hydrogen) atoms. The lowest BCUT2D eigenvalue weighted by Crippen LogP contribution is -2.43. The van der Waals surface area contributed by atoms with Gasteiger partial charge in [-0.15, -0.1) is 11.6 Å². The lowest BCUT2D eigenvalue weighted by Gasteiger charge is -2.25. The van der Waals surface area contributed by atoms with E-state index in [4.69, 9.17) is 11.6 Å². The number of nitrogens with one attached hydrogen (secondary N) is 1. The Morgan fingerprint density at radius 1 is 1.53 bits per heavy atom. The number of rotatable bonds is 4. The van der Waals surface area contributed by atoms with Crippen LogP contribution in [0.3, 0.4) is 0 Å². The number of carbonyl (C=O) groups excluding carboxylic acids is 1. The van der Waals surface area contributed by atoms with Gasteiger partial charge in [-0.3, -0.25) is 4.79 Å². The number of carbonyl (C=O) groups is 1. The second kappa shape index (κ2) is 5.36. The van der Waals surface area contributed by atoms with Gasteiger partial charge >= 0.3 is 0 Å². The fourth-order valence-electron chi connectivity index (χ4n) is 1.36. The van der Waals surface area contributed by atoms with Crippen molar-refractivity contribution in [3.63, 3.8) is 0 Å². The molecule has 0 saturated heterocycles. The molecule has 0 aromatic heterocycles. The van der Waals surface area contributed by atoms with Gasteiger partial charge in [-0.05, 0) is 38.5 Å². The molecule has 1 rings (SSSR count). The average molecular weight is 260 g/mol. The molecule has 1 aromatic rings. The van der Waals surface area contributed by atoms with E-state index < -0.39 is 17.3 Å². The predicted octanol–water partition coefficient (Wildman–Crippen LogP) is 2.67. The number of halogens is 2. The molecule has 0 fully saturated rings. The molecule has 0 bridgehead atoms. The number of hydrogen-bond donors (Lipinski definition) is 2. The largest absolute Gasteiger partial charge is 0.507 e. The predicted molar refractivity (Wildman–Crippen MR) is 64.9 cm³/mol. The summed E-state index contributed by atoms with van der Waals surface area (Å²) in [4.78, 5) is 11.8. The summed E-state index contributed by atoms with van der Waals surface area (Å²) in [6.45, 7) is 3.62. The number of benzene rings is 1. The van der Waals surface area contributed by atoms with E-state index in [1.165, 1.54) is 0 Å². The van der Waals surface area contributed by atoms with Gasteiger partial charge in [0, 0.05) is 11.4 Å². The van der Waals surface area contributed by atoms with Crippen molar-refractivity contribution in [1.29, 1.82) is 0 Å². The first-order valence-electron chi connectivity index (χ1n) is 5.23. The number of phenolic OH excluding ortho intramolecular Hbond substituents is 1. The van der Waals surface area contributed by atoms with E-state index in [0.717, 1.165) is 18.2 Å². The highest BCUT2D eigenvalue weighted by atomic mass is 35.5. The third-order valence-electron chi connectivity index (χ3n) is 2.37. The summed E-state index contributed by atoms with van der Waals surface area (Å²) >= 11 is 5.61. The SMILES string of the molecule is CC(C)(CCCl)NC(=O)c1cc(F)ccc1O. The van der Waals surface area contributed by atoms with Gasteiger partial charge in [0.05, 0.1) is 5.56 Å². The molecular formula is C12H15ClFNO2. The summed E-state index contributed by atoms with van der Waals surface area (Å²) in [7, 11) is 0. The van der Waals surface area contributed by atoms with Crippen LogP contribution in [0.5, 0.6) is 5.75 Å². The number of phenols is 1. The van der Waals surface area contributed by atoms with Gasteiger partial charge in [0.25, 0.3) is 5.91 Å². The lowest BCUT2D eigenvalue weighted by atomic mass is 10.0. The Balaban J connectivity index is 2.86. The van der Waals surface area contributed by atoms with E-state index >= 15 is 0 Å². The smallest absolute Gasteiger partial charge is 0.255 e. The van der Waals surface area contributed by atoms with Gasteiger partial charge in [0.1, 0.15) is 11.6 Å². The summed E-state index contributed by atoms with van der Waals surface area (Å²) in [5, 5.41) is 12.2. The van der Waals surface area contributed by atoms with Gasteiger partial charge in [-0.25, -0.2) is 4.39 Å². The molecule has 2 N–H and O–H groups in total. The van der Waals surface area contributed by atoms with E-state index in [9.17, 15) is 14.3 Å². The van der Waals surface area contributed by atoms with Gasteiger partial charge in [-0.1, -0.05) is 0 Å². The molecule has 0 radical (unpaired) electrons. The summed E-state index contributed by atoms with van der Waals surface area (Å²) in [5.41, 5.74) is -0.579. The fraction of sp³-hybridized carbons (Fsp3) is 0.417. The van der Waals surface area contributed by atoms with Crippen molar-refractivity contribution in [1.82, 2.24) is 5.32 Å². The van der Waals surface area contributed by atoms with Crippen LogP contribution in [-0.4, -0.2) is 22.4 Å². The monoisotopic (exact) mass is 259 g/mol. The molecule has 0 aliphatic carbocycles. The highest BCUT2D eigenvalue weighted by Gasteiger charge is 2.22. The van der Waals surface area contributed by atoms with E-state index in [2.05, 4.69) is 5.32 Å². The maximum atomic E-state index is 13.0. The molecule has 0 heterocycles. The van der Waals surface area contributed by atoms with Crippen LogP contribution in [0, 0.1) is 5.82 Å². The third-order valence-corrected chi connectivity index (χ3v) is 2.56. The van der Waals surface area contributed by atoms with E-state index in [-0.39, 0.29) is 11.3 Å². The first-order chi connectivity index (χ1) is 7.85. The Bertz CT molecular complexity index is 421. The van der Waals surface area contributed by atoms with E-state index in [1.807, 2.05) is 13.8 Å². The summed E-state index contributed by atoms with van der Waals surface area (Å²) < 4.78 is 13.0. The third kappa shape index (κ3) is 3.89. The van der Waals surface area contributed by atoms with Crippen LogP contribution in [0.15, 0.2) is 18.2 Å². The minimum atomic E-state index is -0.567. The van der Waals surface area contributed by atoms with Gasteiger partial charge in [0.2, 0.25) is 0 Å². The zero-order valence-corrected chi connectivity index (χ0v) is 10.5. The van der Waals surface area contributed by atoms with Crippen LogP contribution >= 0.6 is 11.6 Å². The van der Waals surface area contributed by atoms with Crippen LogP contribution in [0.2, 0.25) is 0 Å². The minimum Gasteiger partial charge on any atom is -0.507 e. The van der Waals surface area contributed by atoms with Crippen LogP contribution in [0.4, 0.5) is 4.39 Å². The average Bonchev–Trinajstić information content (AvgIpc) is 2.20. The number of hydrogen-bond acceptors (Lipinski definition) is 2. The Hall–Kier alpha value is -1.29. The minimum absolute atomic E-state index is 0.0763. The Morgan fingerprint density at radius 2 is 2.18 bits per heavy atom. The molecule has 0 aliphatic heterocycles. The summed E-state index contributed by atoms with van der Waals surface area (Å²) in [5.74, 6) is -0.923. The van der Waals surface area contributed by atoms with Gasteiger partial charge < -0.3 is 10.4 Å². The second-order valence-electron chi connectivity index (χ2n) is 4.44. The normalized spacial score (nSPS) is 11.3. The van der Waals surface area contributed by atoms with Crippen LogP contribution in [-0.2, 0) is 0 Å². The molecule has 0 aliphatic rings. The van der Waals surface area contributed by atoms with Crippen LogP contribution < -0.4 is 5.32 Å². The summed E-state index contributed by atoms with van der Waals surface area (Å²) in [6.07, 6.45) is 0.580. The number of aromatic hydroxyl groups is 1. The van der Waals surface area contributed by atoms with Crippen molar-refractivity contribution in [3.05, 3.63) is 29.6 Å². The quantitative estimate of drug-likeness (QED) is 0.817. The molecule has 5 heteroatoms. The maximum absolute atomic E-state index is 13.0. The maximum Gasteiger partial charge on any atom is 0.255 e. The molecule has 3 nitrogen and oxygen atoms in total. The van der Waals surface area contributed by atoms with E-state index in [0.29, 0.717) is 12.3 Å². The van der Waals surface area contributed by atoms with Crippen molar-refractivity contribution in [2.75, 3.05) is 5.88 Å².